The van der Waals surface area contributed by atoms with Crippen LogP contribution in [0.1, 0.15) is 83.1 Å². The van der Waals surface area contributed by atoms with Gasteiger partial charge in [0, 0.05) is 72.9 Å². The van der Waals surface area contributed by atoms with Gasteiger partial charge in [-0.25, -0.2) is 34.6 Å². The second-order valence-corrected chi connectivity index (χ2v) is 27.4. The molecule has 0 saturated carbocycles. The van der Waals surface area contributed by atoms with Crippen LogP contribution in [0.4, 0.5) is 5.69 Å². The van der Waals surface area contributed by atoms with E-state index in [1.54, 1.807) is 32.3 Å². The van der Waals surface area contributed by atoms with Gasteiger partial charge in [-0.05, 0) is 78.8 Å². The van der Waals surface area contributed by atoms with E-state index in [-0.39, 0.29) is 177 Å². The Bertz CT molecular complexity index is 3300. The molecule has 1 fully saturated rings. The van der Waals surface area contributed by atoms with Crippen LogP contribution in [0, 0.1) is 0 Å². The number of amides is 2. The fourth-order valence-electron chi connectivity index (χ4n) is 10.0. The van der Waals surface area contributed by atoms with Crippen molar-refractivity contribution in [1.82, 2.24) is 9.64 Å². The average Bonchev–Trinajstić information content (AvgIpc) is 1.60. The Balaban J connectivity index is 0.0000123. The van der Waals surface area contributed by atoms with E-state index in [4.69, 9.17) is 66.1 Å². The minimum Gasteiger partial charge on any atom is -0.748 e. The smallest absolute Gasteiger partial charge is 0.748 e. The van der Waals surface area contributed by atoms with Crippen LogP contribution in [-0.2, 0) is 117 Å². The summed E-state index contributed by atoms with van der Waals surface area (Å²) in [6.45, 7) is 15.9. The molecule has 0 aromatic heterocycles. The predicted octanol–water partition coefficient (Wildman–Crippen LogP) is -2.87. The molecule has 4 aliphatic rings. The molecule has 3 aliphatic heterocycles. The number of imide groups is 1. The van der Waals surface area contributed by atoms with Crippen molar-refractivity contribution in [2.24, 2.45) is 0 Å². The van der Waals surface area contributed by atoms with Gasteiger partial charge in [0.1, 0.15) is 34.8 Å². The first kappa shape index (κ1) is 88.0. The summed E-state index contributed by atoms with van der Waals surface area (Å²) >= 11 is 0. The number of methoxy groups -OCH3 is 1. The average molecular weight is 1450 g/mol. The van der Waals surface area contributed by atoms with Crippen molar-refractivity contribution in [3.63, 3.8) is 0 Å². The van der Waals surface area contributed by atoms with Gasteiger partial charge in [-0.3, -0.25) is 9.59 Å². The van der Waals surface area contributed by atoms with E-state index in [2.05, 4.69) is 20.8 Å². The molecule has 1 saturated heterocycles. The van der Waals surface area contributed by atoms with Crippen LogP contribution in [0.2, 0.25) is 0 Å². The van der Waals surface area contributed by atoms with Crippen LogP contribution in [0.5, 0.6) is 0 Å². The van der Waals surface area contributed by atoms with E-state index in [9.17, 15) is 53.3 Å². The van der Waals surface area contributed by atoms with Crippen LogP contribution in [0.3, 0.4) is 0 Å². The molecule has 0 radical (unpaired) electrons. The first-order valence-corrected chi connectivity index (χ1v) is 36.1. The van der Waals surface area contributed by atoms with E-state index in [1.165, 1.54) is 18.2 Å². The molecule has 0 N–H and O–H groups in total. The number of fused-ring (bicyclic) bond motifs is 2. The van der Waals surface area contributed by atoms with Crippen LogP contribution in [0.25, 0.3) is 17.4 Å². The van der Waals surface area contributed by atoms with Gasteiger partial charge in [-0.15, -0.1) is 5.06 Å². The first-order valence-electron chi connectivity index (χ1n) is 31.5. The fourth-order valence-corrected chi connectivity index (χ4v) is 11.5. The van der Waals surface area contributed by atoms with E-state index in [1.807, 2.05) is 33.7 Å². The van der Waals surface area contributed by atoms with Crippen molar-refractivity contribution in [2.45, 2.75) is 81.9 Å². The molecule has 1 aliphatic carbocycles. The van der Waals surface area contributed by atoms with Gasteiger partial charge in [0.25, 0.3) is 11.8 Å². The summed E-state index contributed by atoms with van der Waals surface area (Å²) in [4.78, 5) is 41.2. The molecule has 34 heteroatoms. The number of carbonyl (C=O) groups is 3. The Morgan fingerprint density at radius 3 is 1.57 bits per heavy atom. The van der Waals surface area contributed by atoms with Crippen molar-refractivity contribution in [1.29, 1.82) is 0 Å². The third-order valence-corrected chi connectivity index (χ3v) is 17.2. The van der Waals surface area contributed by atoms with Crippen molar-refractivity contribution in [2.75, 3.05) is 195 Å². The minimum atomic E-state index is -4.93. The summed E-state index contributed by atoms with van der Waals surface area (Å²) in [5.41, 5.74) is 1.78. The summed E-state index contributed by atoms with van der Waals surface area (Å²) in [6, 6.07) is 11.6. The molecule has 0 bridgehead atoms. The number of benzene rings is 2. The zero-order valence-electron chi connectivity index (χ0n) is 57.0. The van der Waals surface area contributed by atoms with Crippen molar-refractivity contribution in [3.05, 3.63) is 82.6 Å². The summed E-state index contributed by atoms with van der Waals surface area (Å²) < 4.78 is 183. The molecular formula is C63H93N3Na2O26S3. The second-order valence-electron chi connectivity index (χ2n) is 23.0. The largest absolute Gasteiger partial charge is 1.00 e. The normalized spacial score (nSPS) is 16.0. The predicted molar refractivity (Wildman–Crippen MR) is 341 cm³/mol. The van der Waals surface area contributed by atoms with Gasteiger partial charge in [0.05, 0.1) is 183 Å². The molecule has 3 heterocycles. The maximum atomic E-state index is 12.4. The van der Waals surface area contributed by atoms with Crippen molar-refractivity contribution >= 4 is 59.9 Å². The number of carbonyl (C=O) groups excluding carboxylic acids is 3. The molecule has 1 aromatic carbocycles. The monoisotopic (exact) mass is 1450 g/mol. The molecular weight excluding hydrogens is 1360 g/mol. The number of hydroxylamine groups is 2. The second kappa shape index (κ2) is 46.4. The van der Waals surface area contributed by atoms with Crippen LogP contribution < -0.4 is 73.9 Å². The zero-order chi connectivity index (χ0) is 69.2. The number of ether oxygens (including phenoxy) is 12. The molecule has 1 aromatic rings. The Morgan fingerprint density at radius 1 is 0.608 bits per heavy atom. The fraction of sp³-hybridized carbons (Fsp3) is 0.651. The van der Waals surface area contributed by atoms with Crippen LogP contribution in [-0.4, -0.2) is 252 Å². The van der Waals surface area contributed by atoms with Gasteiger partial charge in [-0.2, -0.15) is 0 Å². The van der Waals surface area contributed by atoms with E-state index in [0.717, 1.165) is 11.1 Å². The summed E-state index contributed by atoms with van der Waals surface area (Å²) in [5.74, 6) is -2.16. The molecule has 536 valence electrons. The van der Waals surface area contributed by atoms with E-state index >= 15 is 0 Å². The number of allylic oxidation sites excluding steroid dienone is 3. The van der Waals surface area contributed by atoms with Gasteiger partial charge < -0.3 is 84.7 Å². The van der Waals surface area contributed by atoms with Gasteiger partial charge in [-0.1, -0.05) is 26.8 Å². The Labute approximate surface area is 614 Å². The molecule has 29 nitrogen and oxygen atoms in total. The Hall–Kier alpha value is -3.21. The maximum Gasteiger partial charge on any atom is 1.00 e. The van der Waals surface area contributed by atoms with E-state index in [0.29, 0.717) is 131 Å². The standard InChI is InChI=1S/C63H95N3O26S3.2Na/c1-62(2,3)54-48-51(91-57-47-50(11-13-53(54)57)64(19-8-46-94(73,74)75)20-23-81-28-31-85-36-39-89-42-41-87-34-33-83-26-25-79-5)9-6-10-58-63(4,18-7-45-93(70,71)72)55-49-52(95(76,77)78)12-14-56(55)65(58)21-24-82-29-32-86-37-40-90-44-43-88-38-35-84-30-27-80-22-17-61(69)92-66-59(67)15-16-60(66)68;;/h6,9-14,47-49H,7-8,15-46H2,1-5H3,(H2-,70,71,72,73,74,75,76,77,78);;/q;2*+1/p-2. The number of nitrogens with zero attached hydrogens (tertiary/aromatic N) is 3. The molecule has 1 atom stereocenters. The van der Waals surface area contributed by atoms with Crippen LogP contribution >= 0.6 is 0 Å². The number of anilines is 1. The number of rotatable bonds is 51. The number of hydrogen-bond donors (Lipinski definition) is 0. The molecule has 0 spiro atoms. The van der Waals surface area contributed by atoms with Gasteiger partial charge >= 0.3 is 65.1 Å². The summed E-state index contributed by atoms with van der Waals surface area (Å²) in [7, 11) is -12.5. The minimum absolute atomic E-state index is 0. The quantitative estimate of drug-likeness (QED) is 0.0180. The number of hydrogen-bond acceptors (Lipinski definition) is 27. The third kappa shape index (κ3) is 33.6. The van der Waals surface area contributed by atoms with Crippen LogP contribution in [0.15, 0.2) is 69.6 Å². The summed E-state index contributed by atoms with van der Waals surface area (Å²) in [5, 5.41) is 1.17. The Morgan fingerprint density at radius 2 is 1.08 bits per heavy atom. The SMILES string of the molecule is COCCOCCOCCOCCOCCOCC[N+](CCCS(=O)(=O)[O-])=c1ccc2c(C(C)(C)C)cc(/C=C/C=C3/N(CCOCCOCCOCCOCCOCCOCCC(=O)ON4C(=O)CCC4=O)c4ccc(S(=O)(=O)[O-])cc4C3(C)CCCS(=O)(=O)[O-])oc-2c1.[Na+].[Na+]. The Kier molecular flexibility index (Phi) is 42.1. The van der Waals surface area contributed by atoms with Gasteiger partial charge in [0.2, 0.25) is 5.36 Å². The molecule has 2 amide bonds. The first-order chi connectivity index (χ1) is 45.3. The van der Waals surface area contributed by atoms with Crippen molar-refractivity contribution in [3.8, 4) is 11.3 Å². The maximum absolute atomic E-state index is 12.4. The molecule has 97 heavy (non-hydrogen) atoms. The molecule has 1 unspecified atom stereocenters. The van der Waals surface area contributed by atoms with E-state index < -0.39 is 75.4 Å². The zero-order valence-corrected chi connectivity index (χ0v) is 63.4. The summed E-state index contributed by atoms with van der Waals surface area (Å²) in [6.07, 6.45) is 5.21. The molecule has 5 rings (SSSR count). The van der Waals surface area contributed by atoms with Crippen molar-refractivity contribution < 1.29 is 179 Å². The topological polar surface area (TPSA) is 365 Å². The van der Waals surface area contributed by atoms with Gasteiger partial charge in [0.15, 0.2) is 6.54 Å². The third-order valence-electron chi connectivity index (χ3n) is 14.7.